The van der Waals surface area contributed by atoms with Gasteiger partial charge in [0.25, 0.3) is 0 Å². The molecule has 1 nitrogen and oxygen atoms in total. The van der Waals surface area contributed by atoms with Gasteiger partial charge in [-0.15, -0.1) is 0 Å². The molecule has 1 heteroatoms. The van der Waals surface area contributed by atoms with E-state index >= 15 is 0 Å². The second-order valence-corrected chi connectivity index (χ2v) is 5.90. The average molecular weight is 261 g/mol. The van der Waals surface area contributed by atoms with Gasteiger partial charge in [-0.25, -0.2) is 0 Å². The Labute approximate surface area is 119 Å². The zero-order chi connectivity index (χ0) is 14.1. The molecule has 0 saturated carbocycles. The first-order chi connectivity index (χ1) is 9.15. The topological polar surface area (TPSA) is 12.0 Å². The fourth-order valence-corrected chi connectivity index (χ4v) is 2.86. The highest BCUT2D eigenvalue weighted by atomic mass is 14.9. The molecule has 0 spiro atoms. The standard InChI is InChI=1S/C18H31N/c1-5-8-12-18(6-2,15-19-7-3)14-17-11-9-10-16(4)13-17/h9-11,13,19H,5-8,12,14-15H2,1-4H3. The molecule has 0 bridgehead atoms. The molecule has 0 aliphatic heterocycles. The van der Waals surface area contributed by atoms with Crippen molar-refractivity contribution in [2.75, 3.05) is 13.1 Å². The maximum absolute atomic E-state index is 3.58. The van der Waals surface area contributed by atoms with E-state index in [0.717, 1.165) is 13.1 Å². The quantitative estimate of drug-likeness (QED) is 0.677. The largest absolute Gasteiger partial charge is 0.316 e. The van der Waals surface area contributed by atoms with E-state index in [1.54, 1.807) is 0 Å². The molecular weight excluding hydrogens is 230 g/mol. The molecule has 0 amide bonds. The SMILES string of the molecule is CCCCC(CC)(CNCC)Cc1cccc(C)c1. The molecule has 0 saturated heterocycles. The van der Waals surface area contributed by atoms with Gasteiger partial charge in [0.05, 0.1) is 0 Å². The number of hydrogen-bond acceptors (Lipinski definition) is 1. The van der Waals surface area contributed by atoms with Gasteiger partial charge in [0, 0.05) is 6.54 Å². The Morgan fingerprint density at radius 1 is 1.16 bits per heavy atom. The Balaban J connectivity index is 2.81. The van der Waals surface area contributed by atoms with Crippen LogP contribution in [-0.2, 0) is 6.42 Å². The van der Waals surface area contributed by atoms with Crippen molar-refractivity contribution in [3.63, 3.8) is 0 Å². The van der Waals surface area contributed by atoms with Crippen LogP contribution in [0.25, 0.3) is 0 Å². The summed E-state index contributed by atoms with van der Waals surface area (Å²) in [4.78, 5) is 0. The number of hydrogen-bond donors (Lipinski definition) is 1. The predicted octanol–water partition coefficient (Wildman–Crippen LogP) is 4.73. The van der Waals surface area contributed by atoms with Crippen molar-refractivity contribution >= 4 is 0 Å². The predicted molar refractivity (Wildman–Crippen MR) is 85.7 cm³/mol. The number of nitrogens with one attached hydrogen (secondary N) is 1. The Bertz CT molecular complexity index is 348. The van der Waals surface area contributed by atoms with Crippen LogP contribution >= 0.6 is 0 Å². The van der Waals surface area contributed by atoms with E-state index in [4.69, 9.17) is 0 Å². The van der Waals surface area contributed by atoms with Crippen molar-refractivity contribution in [1.82, 2.24) is 5.32 Å². The lowest BCUT2D eigenvalue weighted by atomic mass is 9.75. The zero-order valence-corrected chi connectivity index (χ0v) is 13.3. The van der Waals surface area contributed by atoms with Gasteiger partial charge >= 0.3 is 0 Å². The van der Waals surface area contributed by atoms with Crippen LogP contribution in [-0.4, -0.2) is 13.1 Å². The van der Waals surface area contributed by atoms with Gasteiger partial charge in [-0.1, -0.05) is 63.4 Å². The molecule has 0 aromatic heterocycles. The molecule has 1 aromatic rings. The second kappa shape index (κ2) is 8.37. The van der Waals surface area contributed by atoms with Crippen LogP contribution < -0.4 is 5.32 Å². The van der Waals surface area contributed by atoms with Gasteiger partial charge < -0.3 is 5.32 Å². The highest BCUT2D eigenvalue weighted by Crippen LogP contribution is 2.32. The number of rotatable bonds is 9. The summed E-state index contributed by atoms with van der Waals surface area (Å²) in [5.74, 6) is 0. The van der Waals surface area contributed by atoms with Crippen molar-refractivity contribution in [1.29, 1.82) is 0 Å². The maximum atomic E-state index is 3.58. The van der Waals surface area contributed by atoms with Crippen molar-refractivity contribution in [3.05, 3.63) is 35.4 Å². The Morgan fingerprint density at radius 2 is 1.95 bits per heavy atom. The molecule has 1 aromatic carbocycles. The Hall–Kier alpha value is -0.820. The highest BCUT2D eigenvalue weighted by Gasteiger charge is 2.27. The lowest BCUT2D eigenvalue weighted by molar-refractivity contribution is 0.231. The summed E-state index contributed by atoms with van der Waals surface area (Å²) in [6.07, 6.45) is 6.43. The van der Waals surface area contributed by atoms with Crippen molar-refractivity contribution in [2.45, 2.75) is 59.8 Å². The van der Waals surface area contributed by atoms with Gasteiger partial charge in [0.1, 0.15) is 0 Å². The third kappa shape index (κ3) is 5.36. The van der Waals surface area contributed by atoms with E-state index in [-0.39, 0.29) is 0 Å². The molecule has 1 atom stereocenters. The summed E-state index contributed by atoms with van der Waals surface area (Å²) in [6, 6.07) is 9.02. The van der Waals surface area contributed by atoms with Crippen LogP contribution in [0.4, 0.5) is 0 Å². The van der Waals surface area contributed by atoms with Crippen LogP contribution in [0.15, 0.2) is 24.3 Å². The van der Waals surface area contributed by atoms with E-state index in [0.29, 0.717) is 5.41 Å². The van der Waals surface area contributed by atoms with Crippen molar-refractivity contribution in [3.8, 4) is 0 Å². The molecule has 1 unspecified atom stereocenters. The molecule has 0 heterocycles. The third-order valence-electron chi connectivity index (χ3n) is 4.22. The fourth-order valence-electron chi connectivity index (χ4n) is 2.86. The molecule has 1 N–H and O–H groups in total. The first-order valence-electron chi connectivity index (χ1n) is 7.92. The molecule has 0 radical (unpaired) electrons. The minimum atomic E-state index is 0.430. The van der Waals surface area contributed by atoms with Gasteiger partial charge in [-0.2, -0.15) is 0 Å². The monoisotopic (exact) mass is 261 g/mol. The molecule has 19 heavy (non-hydrogen) atoms. The summed E-state index contributed by atoms with van der Waals surface area (Å²) < 4.78 is 0. The first-order valence-corrected chi connectivity index (χ1v) is 7.92. The van der Waals surface area contributed by atoms with E-state index in [9.17, 15) is 0 Å². The summed E-state index contributed by atoms with van der Waals surface area (Å²) in [5.41, 5.74) is 3.30. The normalized spacial score (nSPS) is 14.3. The van der Waals surface area contributed by atoms with E-state index in [1.807, 2.05) is 0 Å². The maximum Gasteiger partial charge on any atom is 0.00108 e. The minimum absolute atomic E-state index is 0.430. The summed E-state index contributed by atoms with van der Waals surface area (Å²) in [6.45, 7) is 11.2. The number of unbranched alkanes of at least 4 members (excludes halogenated alkanes) is 1. The Morgan fingerprint density at radius 3 is 2.53 bits per heavy atom. The van der Waals surface area contributed by atoms with Crippen LogP contribution in [0.2, 0.25) is 0 Å². The van der Waals surface area contributed by atoms with Crippen LogP contribution in [0.1, 0.15) is 57.6 Å². The van der Waals surface area contributed by atoms with Gasteiger partial charge in [-0.3, -0.25) is 0 Å². The fraction of sp³-hybridized carbons (Fsp3) is 0.667. The van der Waals surface area contributed by atoms with E-state index in [2.05, 4.69) is 57.3 Å². The van der Waals surface area contributed by atoms with Crippen molar-refractivity contribution in [2.24, 2.45) is 5.41 Å². The van der Waals surface area contributed by atoms with Crippen molar-refractivity contribution < 1.29 is 0 Å². The molecule has 0 aliphatic carbocycles. The molecule has 0 fully saturated rings. The van der Waals surface area contributed by atoms with Crippen LogP contribution in [0.3, 0.4) is 0 Å². The third-order valence-corrected chi connectivity index (χ3v) is 4.22. The van der Waals surface area contributed by atoms with E-state index < -0.39 is 0 Å². The number of aryl methyl sites for hydroxylation is 1. The lowest BCUT2D eigenvalue weighted by Gasteiger charge is -2.33. The van der Waals surface area contributed by atoms with Gasteiger partial charge in [0.15, 0.2) is 0 Å². The zero-order valence-electron chi connectivity index (χ0n) is 13.3. The van der Waals surface area contributed by atoms with Crippen LogP contribution in [0, 0.1) is 12.3 Å². The summed E-state index contributed by atoms with van der Waals surface area (Å²) >= 11 is 0. The first kappa shape index (κ1) is 16.2. The highest BCUT2D eigenvalue weighted by molar-refractivity contribution is 5.23. The minimum Gasteiger partial charge on any atom is -0.316 e. The number of benzene rings is 1. The molecular formula is C18H31N. The summed E-state index contributed by atoms with van der Waals surface area (Å²) in [5, 5.41) is 3.58. The second-order valence-electron chi connectivity index (χ2n) is 5.90. The van der Waals surface area contributed by atoms with Gasteiger partial charge in [-0.05, 0) is 43.7 Å². The molecule has 108 valence electrons. The van der Waals surface area contributed by atoms with Crippen LogP contribution in [0.5, 0.6) is 0 Å². The lowest BCUT2D eigenvalue weighted by Crippen LogP contribution is -2.36. The summed E-state index contributed by atoms with van der Waals surface area (Å²) in [7, 11) is 0. The molecule has 0 aliphatic rings. The van der Waals surface area contributed by atoms with Gasteiger partial charge in [0.2, 0.25) is 0 Å². The van der Waals surface area contributed by atoms with E-state index in [1.165, 1.54) is 43.2 Å². The Kier molecular flexibility index (Phi) is 7.15. The average Bonchev–Trinajstić information content (AvgIpc) is 2.42. The smallest absolute Gasteiger partial charge is 0.00108 e. The molecule has 1 rings (SSSR count).